The molecule has 0 aromatic heterocycles. The quantitative estimate of drug-likeness (QED) is 0.0321. The first-order valence-corrected chi connectivity index (χ1v) is 25.9. The molecule has 0 spiro atoms. The fraction of sp³-hybridized carbons (Fsp3) is 0.882. The highest BCUT2D eigenvalue weighted by atomic mass is 16.8. The molecule has 0 saturated carbocycles. The molecule has 1 saturated heterocycles. The second-order valence-corrected chi connectivity index (χ2v) is 18.5. The SMILES string of the molecule is CCCCCCCC(=O)OCCCCCCCCC(=O)OC1[C@H](OC(=O)CCCN(C)C)O[C@H](COC(=O)CCCN(C)C)[C@@H]1OC(=O)CCCCCCCCOC(=O)CCCCCCC. The van der Waals surface area contributed by atoms with Crippen LogP contribution in [0.4, 0.5) is 0 Å². The van der Waals surface area contributed by atoms with Crippen molar-refractivity contribution < 1.29 is 61.9 Å². The third kappa shape index (κ3) is 34.1. The molecule has 1 aliphatic heterocycles. The largest absolute Gasteiger partial charge is 0.466 e. The van der Waals surface area contributed by atoms with Crippen molar-refractivity contribution in [1.29, 1.82) is 0 Å². The maximum Gasteiger partial charge on any atom is 0.308 e. The minimum Gasteiger partial charge on any atom is -0.466 e. The van der Waals surface area contributed by atoms with Crippen molar-refractivity contribution in [3.8, 4) is 0 Å². The van der Waals surface area contributed by atoms with Gasteiger partial charge < -0.3 is 43.0 Å². The van der Waals surface area contributed by atoms with Crippen LogP contribution in [0.15, 0.2) is 0 Å². The molecule has 1 fully saturated rings. The Kier molecular flexibility index (Phi) is 37.5. The van der Waals surface area contributed by atoms with Crippen LogP contribution >= 0.6 is 0 Å². The molecule has 0 aliphatic carbocycles. The van der Waals surface area contributed by atoms with Crippen molar-refractivity contribution >= 4 is 35.8 Å². The van der Waals surface area contributed by atoms with Crippen LogP contribution in [0, 0.1) is 0 Å². The van der Waals surface area contributed by atoms with E-state index in [9.17, 15) is 28.8 Å². The fourth-order valence-corrected chi connectivity index (χ4v) is 7.54. The van der Waals surface area contributed by atoms with Crippen molar-refractivity contribution in [3.63, 3.8) is 0 Å². The van der Waals surface area contributed by atoms with Crippen LogP contribution in [0.5, 0.6) is 0 Å². The Hall–Kier alpha value is -3.30. The topological polar surface area (TPSA) is 174 Å². The molecule has 0 bridgehead atoms. The highest BCUT2D eigenvalue weighted by Crippen LogP contribution is 2.30. The number of esters is 6. The molecule has 0 aromatic rings. The molecule has 1 aliphatic rings. The Morgan fingerprint density at radius 1 is 0.379 bits per heavy atom. The third-order valence-electron chi connectivity index (χ3n) is 11.5. The Morgan fingerprint density at radius 2 is 0.712 bits per heavy atom. The third-order valence-corrected chi connectivity index (χ3v) is 11.5. The van der Waals surface area contributed by atoms with Crippen LogP contribution in [0.1, 0.15) is 206 Å². The second kappa shape index (κ2) is 40.7. The van der Waals surface area contributed by atoms with E-state index in [1.54, 1.807) is 0 Å². The molecule has 0 N–H and O–H groups in total. The van der Waals surface area contributed by atoms with Gasteiger partial charge >= 0.3 is 35.8 Å². The van der Waals surface area contributed by atoms with E-state index in [1.165, 1.54) is 25.7 Å². The molecule has 0 radical (unpaired) electrons. The monoisotopic (exact) mass is 941 g/mol. The minimum absolute atomic E-state index is 0.0978. The number of rotatable bonds is 43. The summed E-state index contributed by atoms with van der Waals surface area (Å²) >= 11 is 0. The second-order valence-electron chi connectivity index (χ2n) is 18.5. The van der Waals surface area contributed by atoms with Crippen LogP contribution in [0.25, 0.3) is 0 Å². The lowest BCUT2D eigenvalue weighted by atomic mass is 10.1. The number of nitrogens with zero attached hydrogens (tertiary/aromatic N) is 2. The van der Waals surface area contributed by atoms with E-state index in [0.717, 1.165) is 103 Å². The maximum absolute atomic E-state index is 13.3. The standard InChI is InChI=1S/C51H92N2O13/c1-7-9-11-17-23-31-43(54)60-39-27-21-15-13-19-25-33-46(57)64-49-42(41-62-45(56)35-29-37-52(3)4)63-51(66-48(59)36-30-38-53(5)6)50(49)65-47(58)34-26-20-14-16-22-28-40-61-44(55)32-24-18-12-10-8-2/h42,49-51H,7-41H2,1-6H3/t42-,49+,50?,51+/m1/s1. The van der Waals surface area contributed by atoms with Gasteiger partial charge in [0.25, 0.3) is 0 Å². The van der Waals surface area contributed by atoms with Gasteiger partial charge in [0.1, 0.15) is 12.7 Å². The zero-order chi connectivity index (χ0) is 48.6. The summed E-state index contributed by atoms with van der Waals surface area (Å²) in [4.78, 5) is 80.2. The lowest BCUT2D eigenvalue weighted by Gasteiger charge is -2.24. The van der Waals surface area contributed by atoms with Gasteiger partial charge in [0.2, 0.25) is 12.4 Å². The summed E-state index contributed by atoms with van der Waals surface area (Å²) in [6.07, 6.45) is 18.5. The molecule has 4 atom stereocenters. The predicted molar refractivity (Wildman–Crippen MR) is 254 cm³/mol. The Bertz CT molecular complexity index is 1300. The van der Waals surface area contributed by atoms with Crippen LogP contribution in [-0.4, -0.2) is 131 Å². The van der Waals surface area contributed by atoms with Gasteiger partial charge in [-0.1, -0.05) is 117 Å². The van der Waals surface area contributed by atoms with E-state index < -0.39 is 48.5 Å². The van der Waals surface area contributed by atoms with Gasteiger partial charge in [-0.15, -0.1) is 0 Å². The summed E-state index contributed by atoms with van der Waals surface area (Å²) in [6, 6.07) is 0. The molecular weight excluding hydrogens is 849 g/mol. The number of carbonyl (C=O) groups is 6. The Morgan fingerprint density at radius 3 is 1.15 bits per heavy atom. The van der Waals surface area contributed by atoms with Crippen LogP contribution in [0.2, 0.25) is 0 Å². The van der Waals surface area contributed by atoms with E-state index in [2.05, 4.69) is 13.8 Å². The maximum atomic E-state index is 13.3. The van der Waals surface area contributed by atoms with Crippen LogP contribution < -0.4 is 0 Å². The van der Waals surface area contributed by atoms with Gasteiger partial charge in [0, 0.05) is 38.5 Å². The minimum atomic E-state index is -1.36. The molecule has 15 heteroatoms. The molecule has 384 valence electrons. The summed E-state index contributed by atoms with van der Waals surface area (Å²) in [5.41, 5.74) is 0. The molecule has 1 rings (SSSR count). The average molecular weight is 941 g/mol. The lowest BCUT2D eigenvalue weighted by molar-refractivity contribution is -0.200. The van der Waals surface area contributed by atoms with Crippen molar-refractivity contribution in [1.82, 2.24) is 9.80 Å². The van der Waals surface area contributed by atoms with E-state index in [0.29, 0.717) is 64.8 Å². The highest BCUT2D eigenvalue weighted by Gasteiger charge is 2.52. The summed E-state index contributed by atoms with van der Waals surface area (Å²) in [6.45, 7) is 6.26. The van der Waals surface area contributed by atoms with Crippen molar-refractivity contribution in [2.75, 3.05) is 61.1 Å². The highest BCUT2D eigenvalue weighted by molar-refractivity contribution is 5.72. The summed E-state index contributed by atoms with van der Waals surface area (Å²) < 4.78 is 40.0. The molecule has 0 aromatic carbocycles. The molecule has 15 nitrogen and oxygen atoms in total. The zero-order valence-electron chi connectivity index (χ0n) is 42.3. The summed E-state index contributed by atoms with van der Waals surface area (Å²) in [5, 5.41) is 0. The van der Waals surface area contributed by atoms with E-state index >= 15 is 0 Å². The van der Waals surface area contributed by atoms with Gasteiger partial charge in [0.05, 0.1) is 13.2 Å². The van der Waals surface area contributed by atoms with Gasteiger partial charge in [-0.05, 0) is 92.6 Å². The van der Waals surface area contributed by atoms with E-state index in [1.807, 2.05) is 38.0 Å². The van der Waals surface area contributed by atoms with Gasteiger partial charge in [-0.25, -0.2) is 0 Å². The Labute approximate surface area is 398 Å². The van der Waals surface area contributed by atoms with Crippen molar-refractivity contribution in [3.05, 3.63) is 0 Å². The van der Waals surface area contributed by atoms with E-state index in [-0.39, 0.29) is 44.2 Å². The summed E-state index contributed by atoms with van der Waals surface area (Å²) in [7, 11) is 7.64. The first kappa shape index (κ1) is 60.7. The van der Waals surface area contributed by atoms with Gasteiger partial charge in [-0.2, -0.15) is 0 Å². The number of ether oxygens (including phenoxy) is 7. The molecule has 66 heavy (non-hydrogen) atoms. The number of carbonyl (C=O) groups excluding carboxylic acids is 6. The zero-order valence-corrected chi connectivity index (χ0v) is 42.3. The van der Waals surface area contributed by atoms with Crippen LogP contribution in [0.3, 0.4) is 0 Å². The normalized spacial score (nSPS) is 16.9. The average Bonchev–Trinajstić information content (AvgIpc) is 3.57. The van der Waals surface area contributed by atoms with Crippen LogP contribution in [-0.2, 0) is 61.9 Å². The number of hydrogen-bond donors (Lipinski definition) is 0. The number of unbranched alkanes of at least 4 members (excludes halogenated alkanes) is 18. The molecule has 1 heterocycles. The molecule has 1 unspecified atom stereocenters. The lowest BCUT2D eigenvalue weighted by Crippen LogP contribution is -2.42. The number of hydrogen-bond acceptors (Lipinski definition) is 15. The van der Waals surface area contributed by atoms with Gasteiger partial charge in [-0.3, -0.25) is 28.8 Å². The van der Waals surface area contributed by atoms with E-state index in [4.69, 9.17) is 33.2 Å². The van der Waals surface area contributed by atoms with Crippen molar-refractivity contribution in [2.45, 2.75) is 231 Å². The van der Waals surface area contributed by atoms with Gasteiger partial charge in [0.15, 0.2) is 6.10 Å². The smallest absolute Gasteiger partial charge is 0.308 e. The Balaban J connectivity index is 2.76. The molecule has 0 amide bonds. The van der Waals surface area contributed by atoms with Crippen molar-refractivity contribution in [2.24, 2.45) is 0 Å². The predicted octanol–water partition coefficient (Wildman–Crippen LogP) is 9.57. The summed E-state index contributed by atoms with van der Waals surface area (Å²) in [5.74, 6) is -2.33. The fourth-order valence-electron chi connectivity index (χ4n) is 7.54. The first-order valence-electron chi connectivity index (χ1n) is 25.9. The first-order chi connectivity index (χ1) is 31.9. The molecular formula is C51H92N2O13.